The molecule has 78 valence electrons. The minimum Gasteiger partial charge on any atom is -0.481 e. The Kier molecular flexibility index (Phi) is 2.87. The van der Waals surface area contributed by atoms with Gasteiger partial charge in [0.15, 0.2) is 0 Å². The lowest BCUT2D eigenvalue weighted by atomic mass is 9.96. The Balaban J connectivity index is 1.83. The van der Waals surface area contributed by atoms with Gasteiger partial charge in [-0.15, -0.1) is 0 Å². The summed E-state index contributed by atoms with van der Waals surface area (Å²) in [4.78, 5) is 13.2. The first-order valence-electron chi connectivity index (χ1n) is 5.41. The van der Waals surface area contributed by atoms with Crippen molar-refractivity contribution >= 4 is 5.97 Å². The molecule has 0 spiro atoms. The van der Waals surface area contributed by atoms with Crippen LogP contribution in [0, 0.1) is 5.92 Å². The SMILES string of the molecule is O=C(O)C1CCN([C@@H]2C=CCC2)CC1. The van der Waals surface area contributed by atoms with Crippen LogP contribution in [0.5, 0.6) is 0 Å². The summed E-state index contributed by atoms with van der Waals surface area (Å²) in [5, 5.41) is 8.86. The summed E-state index contributed by atoms with van der Waals surface area (Å²) in [6.07, 6.45) is 8.54. The molecule has 3 heteroatoms. The number of piperidine rings is 1. The highest BCUT2D eigenvalue weighted by Gasteiger charge is 2.27. The monoisotopic (exact) mass is 195 g/mol. The molecule has 1 saturated heterocycles. The first-order chi connectivity index (χ1) is 6.77. The second-order valence-electron chi connectivity index (χ2n) is 4.22. The number of carboxylic acids is 1. The van der Waals surface area contributed by atoms with E-state index in [-0.39, 0.29) is 5.92 Å². The van der Waals surface area contributed by atoms with Gasteiger partial charge < -0.3 is 5.11 Å². The molecule has 1 N–H and O–H groups in total. The van der Waals surface area contributed by atoms with Gasteiger partial charge in [-0.1, -0.05) is 12.2 Å². The van der Waals surface area contributed by atoms with Crippen molar-refractivity contribution in [2.24, 2.45) is 5.92 Å². The van der Waals surface area contributed by atoms with Gasteiger partial charge in [0.1, 0.15) is 0 Å². The molecule has 0 aromatic carbocycles. The quantitative estimate of drug-likeness (QED) is 0.679. The number of likely N-dealkylation sites (tertiary alicyclic amines) is 1. The molecular formula is C11H17NO2. The summed E-state index contributed by atoms with van der Waals surface area (Å²) in [6, 6.07) is 0.588. The van der Waals surface area contributed by atoms with Crippen molar-refractivity contribution in [3.8, 4) is 0 Å². The molecule has 1 atom stereocenters. The molecule has 0 saturated carbocycles. The predicted molar refractivity (Wildman–Crippen MR) is 54.1 cm³/mol. The Morgan fingerprint density at radius 1 is 1.29 bits per heavy atom. The maximum atomic E-state index is 10.7. The van der Waals surface area contributed by atoms with Crippen molar-refractivity contribution in [2.75, 3.05) is 13.1 Å². The molecule has 1 fully saturated rings. The zero-order valence-electron chi connectivity index (χ0n) is 8.35. The summed E-state index contributed by atoms with van der Waals surface area (Å²) < 4.78 is 0. The van der Waals surface area contributed by atoms with Crippen molar-refractivity contribution in [1.82, 2.24) is 4.90 Å². The summed E-state index contributed by atoms with van der Waals surface area (Å²) >= 11 is 0. The van der Waals surface area contributed by atoms with Crippen molar-refractivity contribution in [1.29, 1.82) is 0 Å². The summed E-state index contributed by atoms with van der Waals surface area (Å²) in [5.41, 5.74) is 0. The molecule has 1 heterocycles. The van der Waals surface area contributed by atoms with E-state index >= 15 is 0 Å². The van der Waals surface area contributed by atoms with Gasteiger partial charge in [0.05, 0.1) is 5.92 Å². The van der Waals surface area contributed by atoms with Gasteiger partial charge in [0.2, 0.25) is 0 Å². The number of nitrogens with zero attached hydrogens (tertiary/aromatic N) is 1. The second kappa shape index (κ2) is 4.13. The molecular weight excluding hydrogens is 178 g/mol. The third-order valence-electron chi connectivity index (χ3n) is 3.34. The maximum absolute atomic E-state index is 10.7. The fraction of sp³-hybridized carbons (Fsp3) is 0.727. The van der Waals surface area contributed by atoms with Crippen LogP contribution in [0.2, 0.25) is 0 Å². The second-order valence-corrected chi connectivity index (χ2v) is 4.22. The molecule has 3 nitrogen and oxygen atoms in total. The van der Waals surface area contributed by atoms with Crippen molar-refractivity contribution < 1.29 is 9.90 Å². The van der Waals surface area contributed by atoms with E-state index in [1.165, 1.54) is 12.8 Å². The standard InChI is InChI=1S/C11H17NO2/c13-11(14)9-5-7-12(8-6-9)10-3-1-2-4-10/h1,3,9-10H,2,4-8H2,(H,13,14)/t10-/m1/s1. The van der Waals surface area contributed by atoms with Gasteiger partial charge in [-0.05, 0) is 38.8 Å². The first-order valence-corrected chi connectivity index (χ1v) is 5.41. The fourth-order valence-electron chi connectivity index (χ4n) is 2.40. The van der Waals surface area contributed by atoms with Gasteiger partial charge >= 0.3 is 5.97 Å². The maximum Gasteiger partial charge on any atom is 0.306 e. The Bertz CT molecular complexity index is 242. The molecule has 0 aromatic rings. The molecule has 0 bridgehead atoms. The first kappa shape index (κ1) is 9.71. The van der Waals surface area contributed by atoms with Gasteiger partial charge in [0, 0.05) is 6.04 Å². The third kappa shape index (κ3) is 1.98. The molecule has 0 unspecified atom stereocenters. The average Bonchev–Trinajstić information content (AvgIpc) is 2.71. The van der Waals surface area contributed by atoms with Gasteiger partial charge in [-0.25, -0.2) is 0 Å². The Labute approximate surface area is 84.4 Å². The van der Waals surface area contributed by atoms with Crippen LogP contribution in [-0.2, 0) is 4.79 Å². The number of hydrogen-bond acceptors (Lipinski definition) is 2. The Morgan fingerprint density at radius 3 is 2.50 bits per heavy atom. The number of aliphatic carboxylic acids is 1. The number of carbonyl (C=O) groups is 1. The zero-order valence-corrected chi connectivity index (χ0v) is 8.35. The van der Waals surface area contributed by atoms with Crippen LogP contribution in [0.15, 0.2) is 12.2 Å². The largest absolute Gasteiger partial charge is 0.481 e. The number of hydrogen-bond donors (Lipinski definition) is 1. The van der Waals surface area contributed by atoms with Crippen LogP contribution in [0.3, 0.4) is 0 Å². The van der Waals surface area contributed by atoms with Crippen LogP contribution >= 0.6 is 0 Å². The summed E-state index contributed by atoms with van der Waals surface area (Å²) in [7, 11) is 0. The van der Waals surface area contributed by atoms with E-state index in [0.29, 0.717) is 6.04 Å². The minimum absolute atomic E-state index is 0.100. The van der Waals surface area contributed by atoms with E-state index in [0.717, 1.165) is 25.9 Å². The molecule has 2 aliphatic rings. The van der Waals surface area contributed by atoms with E-state index in [1.54, 1.807) is 0 Å². The van der Waals surface area contributed by atoms with Crippen LogP contribution in [0.25, 0.3) is 0 Å². The van der Waals surface area contributed by atoms with Crippen LogP contribution in [-0.4, -0.2) is 35.1 Å². The van der Waals surface area contributed by atoms with E-state index in [4.69, 9.17) is 5.11 Å². The highest BCUT2D eigenvalue weighted by Crippen LogP contribution is 2.23. The van der Waals surface area contributed by atoms with Crippen LogP contribution < -0.4 is 0 Å². The lowest BCUT2D eigenvalue weighted by Crippen LogP contribution is -2.41. The minimum atomic E-state index is -0.619. The van der Waals surface area contributed by atoms with Crippen LogP contribution in [0.1, 0.15) is 25.7 Å². The highest BCUT2D eigenvalue weighted by atomic mass is 16.4. The normalized spacial score (nSPS) is 29.6. The number of allylic oxidation sites excluding steroid dienone is 1. The Hall–Kier alpha value is -0.830. The van der Waals surface area contributed by atoms with Crippen molar-refractivity contribution in [3.05, 3.63) is 12.2 Å². The number of carboxylic acid groups (broad SMARTS) is 1. The summed E-state index contributed by atoms with van der Waals surface area (Å²) in [5.74, 6) is -0.719. The van der Waals surface area contributed by atoms with Gasteiger partial charge in [0.25, 0.3) is 0 Å². The van der Waals surface area contributed by atoms with E-state index in [9.17, 15) is 4.79 Å². The summed E-state index contributed by atoms with van der Waals surface area (Å²) in [6.45, 7) is 1.90. The average molecular weight is 195 g/mol. The van der Waals surface area contributed by atoms with Crippen molar-refractivity contribution in [3.63, 3.8) is 0 Å². The van der Waals surface area contributed by atoms with E-state index in [2.05, 4.69) is 17.1 Å². The topological polar surface area (TPSA) is 40.5 Å². The molecule has 0 aromatic heterocycles. The zero-order chi connectivity index (χ0) is 9.97. The lowest BCUT2D eigenvalue weighted by molar-refractivity contribution is -0.143. The van der Waals surface area contributed by atoms with Crippen molar-refractivity contribution in [2.45, 2.75) is 31.7 Å². The highest BCUT2D eigenvalue weighted by molar-refractivity contribution is 5.70. The number of rotatable bonds is 2. The molecule has 2 rings (SSSR count). The van der Waals surface area contributed by atoms with Gasteiger partial charge in [-0.2, -0.15) is 0 Å². The molecule has 0 radical (unpaired) electrons. The van der Waals surface area contributed by atoms with Gasteiger partial charge in [-0.3, -0.25) is 9.69 Å². The molecule has 14 heavy (non-hydrogen) atoms. The smallest absolute Gasteiger partial charge is 0.306 e. The van der Waals surface area contributed by atoms with Crippen LogP contribution in [0.4, 0.5) is 0 Å². The predicted octanol–water partition coefficient (Wildman–Crippen LogP) is 1.50. The molecule has 1 aliphatic carbocycles. The molecule has 1 aliphatic heterocycles. The fourth-order valence-corrected chi connectivity index (χ4v) is 2.40. The molecule has 0 amide bonds. The van der Waals surface area contributed by atoms with E-state index in [1.807, 2.05) is 0 Å². The lowest BCUT2D eigenvalue weighted by Gasteiger charge is -2.33. The van der Waals surface area contributed by atoms with E-state index < -0.39 is 5.97 Å². The third-order valence-corrected chi connectivity index (χ3v) is 3.34. The Morgan fingerprint density at radius 2 is 2.00 bits per heavy atom.